The first-order valence-corrected chi connectivity index (χ1v) is 9.36. The van der Waals surface area contributed by atoms with Gasteiger partial charge in [-0.2, -0.15) is 0 Å². The molecule has 1 amide bonds. The van der Waals surface area contributed by atoms with E-state index in [9.17, 15) is 4.79 Å². The Hall–Kier alpha value is -1.07. The zero-order chi connectivity index (χ0) is 17.0. The zero-order valence-corrected chi connectivity index (χ0v) is 15.8. The van der Waals surface area contributed by atoms with E-state index in [0.29, 0.717) is 12.1 Å². The fraction of sp³-hybridized carbons (Fsp3) is 0.722. The lowest BCUT2D eigenvalue weighted by Gasteiger charge is -2.26. The summed E-state index contributed by atoms with van der Waals surface area (Å²) in [5, 5.41) is 3.73. The van der Waals surface area contributed by atoms with Gasteiger partial charge in [0.2, 0.25) is 0 Å². The fourth-order valence-electron chi connectivity index (χ4n) is 2.89. The number of likely N-dealkylation sites (tertiary alicyclic amines) is 1. The molecule has 0 radical (unpaired) electrons. The fourth-order valence-corrected chi connectivity index (χ4v) is 3.78. The lowest BCUT2D eigenvalue weighted by Crippen LogP contribution is -2.38. The SMILES string of the molecule is Cc1ccc(C(C)NC2CCCN(C(=O)OC(C)(C)C)CC2)s1. The molecule has 1 aromatic rings. The van der Waals surface area contributed by atoms with Crippen LogP contribution in [0.4, 0.5) is 4.79 Å². The van der Waals surface area contributed by atoms with Crippen LogP contribution in [0.25, 0.3) is 0 Å². The van der Waals surface area contributed by atoms with Crippen LogP contribution in [0.1, 0.15) is 62.8 Å². The maximum Gasteiger partial charge on any atom is 0.410 e. The molecule has 23 heavy (non-hydrogen) atoms. The van der Waals surface area contributed by atoms with Gasteiger partial charge < -0.3 is 15.0 Å². The van der Waals surface area contributed by atoms with Crippen molar-refractivity contribution in [2.24, 2.45) is 0 Å². The molecule has 0 aliphatic carbocycles. The maximum absolute atomic E-state index is 12.2. The molecule has 0 spiro atoms. The van der Waals surface area contributed by atoms with E-state index in [-0.39, 0.29) is 6.09 Å². The molecule has 130 valence electrons. The third-order valence-electron chi connectivity index (χ3n) is 4.05. The van der Waals surface area contributed by atoms with E-state index in [4.69, 9.17) is 4.74 Å². The smallest absolute Gasteiger partial charge is 0.410 e. The highest BCUT2D eigenvalue weighted by Gasteiger charge is 2.25. The van der Waals surface area contributed by atoms with Gasteiger partial charge in [0.05, 0.1) is 0 Å². The van der Waals surface area contributed by atoms with E-state index in [2.05, 4.69) is 31.3 Å². The van der Waals surface area contributed by atoms with E-state index >= 15 is 0 Å². The van der Waals surface area contributed by atoms with Gasteiger partial charge in [-0.15, -0.1) is 11.3 Å². The van der Waals surface area contributed by atoms with Crippen molar-refractivity contribution in [3.05, 3.63) is 21.9 Å². The van der Waals surface area contributed by atoms with Gasteiger partial charge in [0, 0.05) is 34.9 Å². The van der Waals surface area contributed by atoms with Crippen LogP contribution in [-0.2, 0) is 4.74 Å². The number of thiophene rings is 1. The summed E-state index contributed by atoms with van der Waals surface area (Å²) >= 11 is 1.85. The predicted octanol–water partition coefficient (Wildman–Crippen LogP) is 4.50. The van der Waals surface area contributed by atoms with Crippen LogP contribution in [-0.4, -0.2) is 35.7 Å². The van der Waals surface area contributed by atoms with Crippen molar-refractivity contribution in [2.75, 3.05) is 13.1 Å². The molecule has 2 atom stereocenters. The Morgan fingerprint density at radius 3 is 2.70 bits per heavy atom. The number of rotatable bonds is 3. The third-order valence-corrected chi connectivity index (χ3v) is 5.24. The van der Waals surface area contributed by atoms with Crippen LogP contribution < -0.4 is 5.32 Å². The number of carbonyl (C=O) groups is 1. The number of amides is 1. The van der Waals surface area contributed by atoms with E-state index < -0.39 is 5.60 Å². The summed E-state index contributed by atoms with van der Waals surface area (Å²) in [4.78, 5) is 16.8. The van der Waals surface area contributed by atoms with Gasteiger partial charge in [0.25, 0.3) is 0 Å². The van der Waals surface area contributed by atoms with Gasteiger partial charge in [-0.1, -0.05) is 0 Å². The van der Waals surface area contributed by atoms with Crippen molar-refractivity contribution in [3.63, 3.8) is 0 Å². The second kappa shape index (κ2) is 7.67. The Labute approximate surface area is 144 Å². The third kappa shape index (κ3) is 5.81. The lowest BCUT2D eigenvalue weighted by molar-refractivity contribution is 0.0256. The summed E-state index contributed by atoms with van der Waals surface area (Å²) in [5.74, 6) is 0. The highest BCUT2D eigenvalue weighted by Crippen LogP contribution is 2.24. The molecule has 2 rings (SSSR count). The summed E-state index contributed by atoms with van der Waals surface area (Å²) in [6, 6.07) is 5.21. The monoisotopic (exact) mass is 338 g/mol. The van der Waals surface area contributed by atoms with Gasteiger partial charge in [0.1, 0.15) is 5.60 Å². The first-order chi connectivity index (χ1) is 10.7. The minimum Gasteiger partial charge on any atom is -0.444 e. The van der Waals surface area contributed by atoms with Crippen LogP contribution in [0, 0.1) is 6.92 Å². The minimum atomic E-state index is -0.424. The normalized spacial score (nSPS) is 20.9. The van der Waals surface area contributed by atoms with Crippen molar-refractivity contribution in [1.29, 1.82) is 0 Å². The number of hydrogen-bond donors (Lipinski definition) is 1. The highest BCUT2D eigenvalue weighted by atomic mass is 32.1. The molecular formula is C18H30N2O2S. The Kier molecular flexibility index (Phi) is 6.09. The Morgan fingerprint density at radius 1 is 1.35 bits per heavy atom. The standard InChI is InChI=1S/C18H30N2O2S/c1-13-8-9-16(23-13)14(2)19-15-7-6-11-20(12-10-15)17(21)22-18(3,4)5/h8-9,14-15,19H,6-7,10-12H2,1-5H3. The molecule has 2 heterocycles. The van der Waals surface area contributed by atoms with Crippen LogP contribution in [0.2, 0.25) is 0 Å². The van der Waals surface area contributed by atoms with Crippen molar-refractivity contribution in [1.82, 2.24) is 10.2 Å². The van der Waals surface area contributed by atoms with E-state index in [1.807, 2.05) is 37.0 Å². The molecule has 1 aromatic heterocycles. The number of ether oxygens (including phenoxy) is 1. The highest BCUT2D eigenvalue weighted by molar-refractivity contribution is 7.12. The van der Waals surface area contributed by atoms with Crippen molar-refractivity contribution < 1.29 is 9.53 Å². The molecule has 1 fully saturated rings. The molecule has 2 unspecified atom stereocenters. The van der Waals surface area contributed by atoms with Crippen LogP contribution in [0.3, 0.4) is 0 Å². The van der Waals surface area contributed by atoms with E-state index in [1.165, 1.54) is 9.75 Å². The average Bonchev–Trinajstić information content (AvgIpc) is 2.73. The summed E-state index contributed by atoms with van der Waals surface area (Å²) in [6.07, 6.45) is 2.93. The molecule has 4 nitrogen and oxygen atoms in total. The summed E-state index contributed by atoms with van der Waals surface area (Å²) < 4.78 is 5.49. The van der Waals surface area contributed by atoms with E-state index in [1.54, 1.807) is 0 Å². The first kappa shape index (κ1) is 18.3. The number of carbonyl (C=O) groups excluding carboxylic acids is 1. The van der Waals surface area contributed by atoms with Crippen molar-refractivity contribution in [3.8, 4) is 0 Å². The predicted molar refractivity (Wildman–Crippen MR) is 96.1 cm³/mol. The van der Waals surface area contributed by atoms with Crippen LogP contribution >= 0.6 is 11.3 Å². The summed E-state index contributed by atoms with van der Waals surface area (Å²) in [6.45, 7) is 11.7. The van der Waals surface area contributed by atoms with Crippen LogP contribution in [0.15, 0.2) is 12.1 Å². The molecule has 5 heteroatoms. The molecule has 1 N–H and O–H groups in total. The zero-order valence-electron chi connectivity index (χ0n) is 15.0. The van der Waals surface area contributed by atoms with Gasteiger partial charge >= 0.3 is 6.09 Å². The van der Waals surface area contributed by atoms with E-state index in [0.717, 1.165) is 32.4 Å². The Bertz CT molecular complexity index is 521. The summed E-state index contributed by atoms with van der Waals surface area (Å²) in [5.41, 5.74) is -0.424. The number of aryl methyl sites for hydroxylation is 1. The summed E-state index contributed by atoms with van der Waals surface area (Å²) in [7, 11) is 0. The molecule has 1 saturated heterocycles. The molecule has 1 aliphatic rings. The number of nitrogens with zero attached hydrogens (tertiary/aromatic N) is 1. The maximum atomic E-state index is 12.2. The largest absolute Gasteiger partial charge is 0.444 e. The van der Waals surface area contributed by atoms with Gasteiger partial charge in [-0.25, -0.2) is 4.79 Å². The second-order valence-electron chi connectivity index (χ2n) is 7.43. The lowest BCUT2D eigenvalue weighted by atomic mass is 10.1. The number of nitrogens with one attached hydrogen (secondary N) is 1. The Balaban J connectivity index is 1.85. The van der Waals surface area contributed by atoms with Crippen LogP contribution in [0.5, 0.6) is 0 Å². The molecule has 0 bridgehead atoms. The molecule has 1 aliphatic heterocycles. The Morgan fingerprint density at radius 2 is 2.09 bits per heavy atom. The molecule has 0 saturated carbocycles. The minimum absolute atomic E-state index is 0.180. The van der Waals surface area contributed by atoms with Crippen molar-refractivity contribution in [2.45, 2.75) is 71.6 Å². The number of hydrogen-bond acceptors (Lipinski definition) is 4. The topological polar surface area (TPSA) is 41.6 Å². The van der Waals surface area contributed by atoms with Crippen molar-refractivity contribution >= 4 is 17.4 Å². The second-order valence-corrected chi connectivity index (χ2v) is 8.75. The van der Waals surface area contributed by atoms with Gasteiger partial charge in [-0.05, 0) is 66.0 Å². The first-order valence-electron chi connectivity index (χ1n) is 8.55. The quantitative estimate of drug-likeness (QED) is 0.882. The average molecular weight is 339 g/mol. The van der Waals surface area contributed by atoms with Gasteiger partial charge in [0.15, 0.2) is 0 Å². The van der Waals surface area contributed by atoms with Gasteiger partial charge in [-0.3, -0.25) is 0 Å². The molecular weight excluding hydrogens is 308 g/mol. The molecule has 0 aromatic carbocycles.